The lowest BCUT2D eigenvalue weighted by molar-refractivity contribution is 0.0447. The Morgan fingerprint density at radius 3 is 2.66 bits per heavy atom. The molecule has 3 aliphatic heterocycles. The number of pyridine rings is 1. The van der Waals surface area contributed by atoms with Gasteiger partial charge in [0.05, 0.1) is 22.2 Å². The number of benzene rings is 2. The minimum absolute atomic E-state index is 0.00918. The Balaban J connectivity index is 1.40. The van der Waals surface area contributed by atoms with Gasteiger partial charge >= 0.3 is 6.01 Å². The van der Waals surface area contributed by atoms with Crippen LogP contribution in [0.25, 0.3) is 32.9 Å². The molecule has 3 atom stereocenters. The summed E-state index contributed by atoms with van der Waals surface area (Å²) in [5, 5.41) is 12.8. The fourth-order valence-electron chi connectivity index (χ4n) is 7.80. The van der Waals surface area contributed by atoms with Crippen LogP contribution in [0.2, 0.25) is 0 Å². The Morgan fingerprint density at radius 2 is 1.86 bits per heavy atom. The van der Waals surface area contributed by atoms with Crippen molar-refractivity contribution in [2.45, 2.75) is 76.6 Å². The monoisotopic (exact) mass is 605 g/mol. The molecule has 232 valence electrons. The predicted octanol–water partition coefficient (Wildman–Crippen LogP) is 6.30. The highest BCUT2D eigenvalue weighted by atomic mass is 19.1. The summed E-state index contributed by atoms with van der Waals surface area (Å²) in [6.07, 6.45) is 3.09. The Hall–Kier alpha value is -3.50. The molecule has 44 heavy (non-hydrogen) atoms. The second-order valence-electron chi connectivity index (χ2n) is 13.1. The highest BCUT2D eigenvalue weighted by Gasteiger charge is 2.49. The molecule has 0 bridgehead atoms. The summed E-state index contributed by atoms with van der Waals surface area (Å²) < 4.78 is 52.5. The van der Waals surface area contributed by atoms with Gasteiger partial charge in [-0.25, -0.2) is 18.2 Å². The maximum atomic E-state index is 16.9. The van der Waals surface area contributed by atoms with Crippen LogP contribution in [0, 0.1) is 18.6 Å². The third-order valence-corrected chi connectivity index (χ3v) is 9.84. The molecule has 10 heteroatoms. The highest BCUT2D eigenvalue weighted by molar-refractivity contribution is 6.01. The van der Waals surface area contributed by atoms with Gasteiger partial charge in [0, 0.05) is 31.6 Å². The van der Waals surface area contributed by atoms with Gasteiger partial charge in [-0.15, -0.1) is 0 Å². The van der Waals surface area contributed by atoms with Crippen LogP contribution in [0.1, 0.15) is 57.2 Å². The van der Waals surface area contributed by atoms with Crippen LogP contribution < -0.4 is 9.64 Å². The number of nitrogens with zero attached hydrogens (tertiary/aromatic N) is 5. The summed E-state index contributed by atoms with van der Waals surface area (Å²) in [7, 11) is 0. The van der Waals surface area contributed by atoms with Crippen LogP contribution in [-0.2, 0) is 6.42 Å². The molecule has 0 spiro atoms. The summed E-state index contributed by atoms with van der Waals surface area (Å²) in [4.78, 5) is 18.3. The largest absolute Gasteiger partial charge is 0.461 e. The minimum Gasteiger partial charge on any atom is -0.461 e. The second-order valence-corrected chi connectivity index (χ2v) is 13.1. The number of aryl methyl sites for hydroxylation is 2. The number of alkyl halides is 1. The number of β-amino-alcohol motifs (C(OH)–C–C–N with tert-alkyl or cyclic N) is 1. The van der Waals surface area contributed by atoms with Gasteiger partial charge in [-0.3, -0.25) is 4.90 Å². The molecule has 4 aromatic rings. The molecule has 5 heterocycles. The van der Waals surface area contributed by atoms with E-state index in [1.54, 1.807) is 26.0 Å². The Labute approximate surface area is 255 Å². The number of ether oxygens (including phenoxy) is 1. The number of rotatable bonds is 6. The van der Waals surface area contributed by atoms with Crippen molar-refractivity contribution in [3.63, 3.8) is 0 Å². The second kappa shape index (κ2) is 10.8. The van der Waals surface area contributed by atoms with Gasteiger partial charge < -0.3 is 14.7 Å². The van der Waals surface area contributed by atoms with Crippen molar-refractivity contribution < 1.29 is 23.0 Å². The summed E-state index contributed by atoms with van der Waals surface area (Å²) in [6.45, 7) is 7.81. The number of hydrogen-bond acceptors (Lipinski definition) is 7. The van der Waals surface area contributed by atoms with Crippen LogP contribution in [0.3, 0.4) is 0 Å². The van der Waals surface area contributed by atoms with E-state index in [2.05, 4.69) is 9.88 Å². The smallest absolute Gasteiger partial charge is 0.319 e. The van der Waals surface area contributed by atoms with Gasteiger partial charge in [0.25, 0.3) is 0 Å². The lowest BCUT2D eigenvalue weighted by atomic mass is 9.94. The van der Waals surface area contributed by atoms with Gasteiger partial charge in [-0.05, 0) is 74.9 Å². The third kappa shape index (κ3) is 4.86. The van der Waals surface area contributed by atoms with E-state index < -0.39 is 23.1 Å². The molecule has 3 fully saturated rings. The van der Waals surface area contributed by atoms with Crippen LogP contribution in [0.5, 0.6) is 6.01 Å². The van der Waals surface area contributed by atoms with E-state index in [9.17, 15) is 13.9 Å². The molecular formula is C34H38F3N5O2. The topological polar surface area (TPSA) is 74.6 Å². The first kappa shape index (κ1) is 29.2. The number of anilines is 1. The fraction of sp³-hybridized carbons (Fsp3) is 0.500. The molecule has 0 saturated carbocycles. The zero-order valence-electron chi connectivity index (χ0n) is 25.5. The quantitative estimate of drug-likeness (QED) is 0.277. The summed E-state index contributed by atoms with van der Waals surface area (Å²) in [5.41, 5.74) is 0.287. The Morgan fingerprint density at radius 1 is 1.05 bits per heavy atom. The third-order valence-electron chi connectivity index (χ3n) is 9.84. The van der Waals surface area contributed by atoms with Gasteiger partial charge in [-0.1, -0.05) is 31.2 Å². The number of piperidine rings is 1. The number of hydrogen-bond donors (Lipinski definition) is 1. The molecule has 3 saturated heterocycles. The Kier molecular flexibility index (Phi) is 7.20. The van der Waals surface area contributed by atoms with Crippen LogP contribution in [-0.4, -0.2) is 75.1 Å². The molecule has 2 aromatic carbocycles. The molecule has 7 nitrogen and oxygen atoms in total. The number of aromatic nitrogens is 3. The zero-order valence-corrected chi connectivity index (χ0v) is 25.5. The van der Waals surface area contributed by atoms with E-state index in [1.807, 2.05) is 24.0 Å². The first-order valence-electron chi connectivity index (χ1n) is 15.7. The van der Waals surface area contributed by atoms with Gasteiger partial charge in [0.2, 0.25) is 0 Å². The van der Waals surface area contributed by atoms with E-state index in [1.165, 1.54) is 6.07 Å². The SMILES string of the molecule is CCc1c(F)ccc2cccc(-c3nc(C)c4c(N5CCC[C@@](C)(O)C5)nc(OC[C@@]56CCCN5C[C@H](F)C6)nc4c3F)c12. The summed E-state index contributed by atoms with van der Waals surface area (Å²) >= 11 is 0. The molecule has 0 amide bonds. The van der Waals surface area contributed by atoms with Crippen molar-refractivity contribution in [3.05, 3.63) is 53.2 Å². The molecule has 1 N–H and O–H groups in total. The maximum absolute atomic E-state index is 16.9. The maximum Gasteiger partial charge on any atom is 0.319 e. The van der Waals surface area contributed by atoms with Crippen molar-refractivity contribution in [1.82, 2.24) is 19.9 Å². The lowest BCUT2D eigenvalue weighted by Crippen LogP contribution is -2.46. The van der Waals surface area contributed by atoms with E-state index >= 15 is 4.39 Å². The van der Waals surface area contributed by atoms with Crippen molar-refractivity contribution in [2.24, 2.45) is 0 Å². The zero-order chi connectivity index (χ0) is 30.8. The average molecular weight is 606 g/mol. The van der Waals surface area contributed by atoms with E-state index in [-0.39, 0.29) is 29.6 Å². The van der Waals surface area contributed by atoms with Crippen LogP contribution >= 0.6 is 0 Å². The number of fused-ring (bicyclic) bond motifs is 3. The van der Waals surface area contributed by atoms with E-state index in [0.717, 1.165) is 31.2 Å². The molecule has 0 aliphatic carbocycles. The van der Waals surface area contributed by atoms with Gasteiger partial charge in [-0.2, -0.15) is 9.97 Å². The van der Waals surface area contributed by atoms with Crippen molar-refractivity contribution >= 4 is 27.5 Å². The predicted molar refractivity (Wildman–Crippen MR) is 165 cm³/mol. The Bertz CT molecular complexity index is 1770. The standard InChI is InChI=1S/C34H38F3N5O2/c1-4-23-25(36)11-10-21-8-5-9-24(27(21)23)29-28(37)30-26(20(2)38-29)31(41-14-6-12-33(3,43)18-41)40-32(39-30)44-19-34-13-7-15-42(34)17-22(35)16-34/h5,8-11,22,43H,4,6-7,12-19H2,1-3H3/t22-,33-,34+/m1/s1. The molecule has 3 aliphatic rings. The van der Waals surface area contributed by atoms with E-state index in [0.29, 0.717) is 72.3 Å². The van der Waals surface area contributed by atoms with E-state index in [4.69, 9.17) is 14.7 Å². The number of aliphatic hydroxyl groups is 1. The number of halogens is 3. The molecule has 0 unspecified atom stereocenters. The van der Waals surface area contributed by atoms with Crippen molar-refractivity contribution in [1.29, 1.82) is 0 Å². The van der Waals surface area contributed by atoms with Crippen LogP contribution in [0.4, 0.5) is 19.0 Å². The highest BCUT2D eigenvalue weighted by Crippen LogP contribution is 2.42. The lowest BCUT2D eigenvalue weighted by Gasteiger charge is -2.38. The molecular weight excluding hydrogens is 567 g/mol. The summed E-state index contributed by atoms with van der Waals surface area (Å²) in [5.74, 6) is -0.535. The fourth-order valence-corrected chi connectivity index (χ4v) is 7.80. The molecule has 7 rings (SSSR count). The molecule has 2 aromatic heterocycles. The first-order chi connectivity index (χ1) is 21.1. The molecule has 0 radical (unpaired) electrons. The van der Waals surface area contributed by atoms with Gasteiger partial charge in [0.15, 0.2) is 5.82 Å². The van der Waals surface area contributed by atoms with Crippen molar-refractivity contribution in [2.75, 3.05) is 37.7 Å². The minimum atomic E-state index is -0.941. The van der Waals surface area contributed by atoms with Crippen LogP contribution in [0.15, 0.2) is 30.3 Å². The average Bonchev–Trinajstić information content (AvgIpc) is 3.52. The van der Waals surface area contributed by atoms with Crippen molar-refractivity contribution in [3.8, 4) is 17.3 Å². The first-order valence-corrected chi connectivity index (χ1v) is 15.7. The normalized spacial score (nSPS) is 25.7. The van der Waals surface area contributed by atoms with Gasteiger partial charge in [0.1, 0.15) is 35.6 Å². The summed E-state index contributed by atoms with van der Waals surface area (Å²) in [6, 6.07) is 8.61.